The standard InChI is InChI=1S/C16H22BrNO/c17-14-3-4-15(19)13(11-14)12-18-9-7-16(8-10-18)5-1-2-6-16/h3-4,11,19H,1-2,5-10,12H2. The first-order valence-electron chi connectivity index (χ1n) is 7.37. The molecule has 2 aliphatic rings. The van der Waals surface area contributed by atoms with Crippen LogP contribution in [0.5, 0.6) is 5.75 Å². The van der Waals surface area contributed by atoms with Crippen molar-refractivity contribution < 1.29 is 5.11 Å². The minimum atomic E-state index is 0.421. The Balaban J connectivity index is 1.61. The van der Waals surface area contributed by atoms with Crippen molar-refractivity contribution in [3.05, 3.63) is 28.2 Å². The number of nitrogens with zero attached hydrogens (tertiary/aromatic N) is 1. The van der Waals surface area contributed by atoms with Crippen molar-refractivity contribution in [1.29, 1.82) is 0 Å². The predicted molar refractivity (Wildman–Crippen MR) is 81.2 cm³/mol. The normalized spacial score (nSPS) is 23.0. The second-order valence-electron chi connectivity index (χ2n) is 6.26. The fourth-order valence-corrected chi connectivity index (χ4v) is 4.14. The van der Waals surface area contributed by atoms with E-state index >= 15 is 0 Å². The molecule has 19 heavy (non-hydrogen) atoms. The van der Waals surface area contributed by atoms with Gasteiger partial charge in [0.25, 0.3) is 0 Å². The highest BCUT2D eigenvalue weighted by atomic mass is 79.9. The predicted octanol–water partition coefficient (Wildman–Crippen LogP) is 4.31. The molecule has 1 saturated heterocycles. The highest BCUT2D eigenvalue weighted by Crippen LogP contribution is 2.46. The lowest BCUT2D eigenvalue weighted by Gasteiger charge is -2.39. The molecule has 0 bridgehead atoms. The number of hydrogen-bond donors (Lipinski definition) is 1. The summed E-state index contributed by atoms with van der Waals surface area (Å²) in [4.78, 5) is 2.49. The molecule has 1 spiro atoms. The summed E-state index contributed by atoms with van der Waals surface area (Å²) in [6.45, 7) is 3.25. The van der Waals surface area contributed by atoms with Crippen LogP contribution >= 0.6 is 15.9 Å². The largest absolute Gasteiger partial charge is 0.508 e. The summed E-state index contributed by atoms with van der Waals surface area (Å²) in [6, 6.07) is 5.71. The van der Waals surface area contributed by atoms with Crippen molar-refractivity contribution in [3.63, 3.8) is 0 Å². The molecule has 3 rings (SSSR count). The Hall–Kier alpha value is -0.540. The molecular formula is C16H22BrNO. The van der Waals surface area contributed by atoms with Crippen LogP contribution in [-0.2, 0) is 6.54 Å². The first kappa shape index (κ1) is 13.4. The molecule has 104 valence electrons. The van der Waals surface area contributed by atoms with Crippen LogP contribution < -0.4 is 0 Å². The Kier molecular flexibility index (Phi) is 3.86. The number of piperidine rings is 1. The van der Waals surface area contributed by atoms with Crippen LogP contribution in [0.25, 0.3) is 0 Å². The third-order valence-corrected chi connectivity index (χ3v) is 5.51. The van der Waals surface area contributed by atoms with Gasteiger partial charge in [0.2, 0.25) is 0 Å². The zero-order chi connectivity index (χ0) is 13.3. The number of hydrogen-bond acceptors (Lipinski definition) is 2. The maximum absolute atomic E-state index is 9.92. The summed E-state index contributed by atoms with van der Waals surface area (Å²) < 4.78 is 1.05. The Morgan fingerprint density at radius 3 is 2.47 bits per heavy atom. The Morgan fingerprint density at radius 1 is 1.11 bits per heavy atom. The third kappa shape index (κ3) is 2.97. The van der Waals surface area contributed by atoms with E-state index in [9.17, 15) is 5.11 Å². The van der Waals surface area contributed by atoms with Crippen molar-refractivity contribution >= 4 is 15.9 Å². The van der Waals surface area contributed by atoms with Crippen LogP contribution in [0.4, 0.5) is 0 Å². The van der Waals surface area contributed by atoms with Gasteiger partial charge in [-0.05, 0) is 62.4 Å². The lowest BCUT2D eigenvalue weighted by Crippen LogP contribution is -2.38. The zero-order valence-electron chi connectivity index (χ0n) is 11.4. The maximum atomic E-state index is 9.92. The van der Waals surface area contributed by atoms with Crippen molar-refractivity contribution in [2.45, 2.75) is 45.1 Å². The summed E-state index contributed by atoms with van der Waals surface area (Å²) in [5, 5.41) is 9.92. The highest BCUT2D eigenvalue weighted by Gasteiger charge is 2.36. The van der Waals surface area contributed by atoms with Crippen molar-refractivity contribution in [2.24, 2.45) is 5.41 Å². The van der Waals surface area contributed by atoms with Crippen molar-refractivity contribution in [3.8, 4) is 5.75 Å². The summed E-state index contributed by atoms with van der Waals surface area (Å²) in [7, 11) is 0. The average molecular weight is 324 g/mol. The Labute approximate surface area is 123 Å². The minimum Gasteiger partial charge on any atom is -0.508 e. The molecule has 1 aliphatic heterocycles. The van der Waals surface area contributed by atoms with Gasteiger partial charge in [0.1, 0.15) is 5.75 Å². The molecule has 1 aromatic carbocycles. The second kappa shape index (κ2) is 5.45. The molecule has 1 N–H and O–H groups in total. The van der Waals surface area contributed by atoms with E-state index in [1.165, 1.54) is 51.6 Å². The Bertz CT molecular complexity index is 444. The van der Waals surface area contributed by atoms with Gasteiger partial charge < -0.3 is 5.11 Å². The fourth-order valence-electron chi connectivity index (χ4n) is 3.73. The first-order valence-corrected chi connectivity index (χ1v) is 8.16. The minimum absolute atomic E-state index is 0.421. The van der Waals surface area contributed by atoms with Gasteiger partial charge in [-0.3, -0.25) is 4.90 Å². The molecule has 2 nitrogen and oxygen atoms in total. The SMILES string of the molecule is Oc1ccc(Br)cc1CN1CCC2(CCCC2)CC1. The van der Waals surface area contributed by atoms with E-state index in [0.717, 1.165) is 16.6 Å². The van der Waals surface area contributed by atoms with Crippen molar-refractivity contribution in [1.82, 2.24) is 4.90 Å². The molecule has 0 unspecified atom stereocenters. The number of likely N-dealkylation sites (tertiary alicyclic amines) is 1. The van der Waals surface area contributed by atoms with E-state index in [-0.39, 0.29) is 0 Å². The number of benzene rings is 1. The molecule has 1 saturated carbocycles. The molecule has 3 heteroatoms. The van der Waals surface area contributed by atoms with Crippen LogP contribution in [0.1, 0.15) is 44.1 Å². The number of phenols is 1. The molecule has 0 atom stereocenters. The summed E-state index contributed by atoms with van der Waals surface area (Å²) in [6.07, 6.45) is 8.47. The average Bonchev–Trinajstić information content (AvgIpc) is 2.85. The van der Waals surface area contributed by atoms with Crippen LogP contribution in [0.2, 0.25) is 0 Å². The van der Waals surface area contributed by atoms with Crippen LogP contribution in [0, 0.1) is 5.41 Å². The third-order valence-electron chi connectivity index (χ3n) is 5.02. The van der Waals surface area contributed by atoms with Gasteiger partial charge in [-0.15, -0.1) is 0 Å². The second-order valence-corrected chi connectivity index (χ2v) is 7.17. The van der Waals surface area contributed by atoms with Crippen LogP contribution in [0.15, 0.2) is 22.7 Å². The molecule has 2 fully saturated rings. The smallest absolute Gasteiger partial charge is 0.120 e. The van der Waals surface area contributed by atoms with E-state index in [2.05, 4.69) is 20.8 Å². The quantitative estimate of drug-likeness (QED) is 0.876. The van der Waals surface area contributed by atoms with E-state index in [1.54, 1.807) is 6.07 Å². The molecule has 1 aromatic rings. The molecule has 0 amide bonds. The lowest BCUT2D eigenvalue weighted by atomic mass is 9.77. The molecule has 1 heterocycles. The summed E-state index contributed by atoms with van der Waals surface area (Å²) >= 11 is 3.48. The molecule has 0 aromatic heterocycles. The highest BCUT2D eigenvalue weighted by molar-refractivity contribution is 9.10. The number of aromatic hydroxyl groups is 1. The van der Waals surface area contributed by atoms with Gasteiger partial charge in [0, 0.05) is 16.6 Å². The Morgan fingerprint density at radius 2 is 1.79 bits per heavy atom. The van der Waals surface area contributed by atoms with Gasteiger partial charge in [0.15, 0.2) is 0 Å². The zero-order valence-corrected chi connectivity index (χ0v) is 13.0. The van der Waals surface area contributed by atoms with Gasteiger partial charge >= 0.3 is 0 Å². The van der Waals surface area contributed by atoms with Crippen LogP contribution in [-0.4, -0.2) is 23.1 Å². The topological polar surface area (TPSA) is 23.5 Å². The van der Waals surface area contributed by atoms with Gasteiger partial charge in [-0.2, -0.15) is 0 Å². The van der Waals surface area contributed by atoms with E-state index in [1.807, 2.05) is 12.1 Å². The molecular weight excluding hydrogens is 302 g/mol. The maximum Gasteiger partial charge on any atom is 0.120 e. The van der Waals surface area contributed by atoms with E-state index in [0.29, 0.717) is 11.2 Å². The lowest BCUT2D eigenvalue weighted by molar-refractivity contribution is 0.103. The van der Waals surface area contributed by atoms with Crippen LogP contribution in [0.3, 0.4) is 0 Å². The first-order chi connectivity index (χ1) is 9.17. The monoisotopic (exact) mass is 323 g/mol. The van der Waals surface area contributed by atoms with Gasteiger partial charge in [-0.1, -0.05) is 28.8 Å². The van der Waals surface area contributed by atoms with E-state index < -0.39 is 0 Å². The van der Waals surface area contributed by atoms with E-state index in [4.69, 9.17) is 0 Å². The fraction of sp³-hybridized carbons (Fsp3) is 0.625. The summed E-state index contributed by atoms with van der Waals surface area (Å²) in [5.41, 5.74) is 1.72. The molecule has 0 radical (unpaired) electrons. The summed E-state index contributed by atoms with van der Waals surface area (Å²) in [5.74, 6) is 0.421. The van der Waals surface area contributed by atoms with Gasteiger partial charge in [-0.25, -0.2) is 0 Å². The van der Waals surface area contributed by atoms with Crippen molar-refractivity contribution in [2.75, 3.05) is 13.1 Å². The molecule has 1 aliphatic carbocycles. The number of rotatable bonds is 2. The number of phenolic OH excluding ortho intramolecular Hbond substituents is 1. The van der Waals surface area contributed by atoms with Gasteiger partial charge in [0.05, 0.1) is 0 Å². The number of halogens is 1.